The molecule has 0 heterocycles. The molecule has 0 spiro atoms. The fourth-order valence-corrected chi connectivity index (χ4v) is 33.1. The molecule has 3 unspecified atom stereocenters. The molecule has 0 aliphatic rings. The molecule has 0 aliphatic heterocycles. The Balaban J connectivity index is -0.00000116. The molecule has 0 aromatic rings. The van der Waals surface area contributed by atoms with E-state index in [1.165, 1.54) is 0 Å². The van der Waals surface area contributed by atoms with E-state index in [0.717, 1.165) is 24.6 Å². The quantitative estimate of drug-likeness (QED) is 0.134. The van der Waals surface area contributed by atoms with Gasteiger partial charge >= 0.3 is 25.7 Å². The van der Waals surface area contributed by atoms with Crippen LogP contribution in [0.3, 0.4) is 0 Å². The molecule has 2 N–H and O–H groups in total. The van der Waals surface area contributed by atoms with Gasteiger partial charge < -0.3 is 35.5 Å². The highest BCUT2D eigenvalue weighted by atomic mass is 28.5. The van der Waals surface area contributed by atoms with Gasteiger partial charge in [0, 0.05) is 8.03 Å². The fraction of sp³-hybridized carbons (Fsp3) is 1.00. The number of rotatable bonds is 20. The minimum absolute atomic E-state index is 0. The van der Waals surface area contributed by atoms with Crippen LogP contribution in [0.1, 0.15) is 35.5 Å². The SMILES string of the molecule is CC.CC.C[SiH2]O[Si](C)(C)O[Si](C)(CC[Si](C)(C)O[Si](C)(C)C)O[Si](C)(CCCOCC(O)CO)O[SiH2]C.[HH]. The van der Waals surface area contributed by atoms with Gasteiger partial charge in [-0.2, -0.15) is 0 Å². The first-order chi connectivity index (χ1) is 17.4. The lowest BCUT2D eigenvalue weighted by Gasteiger charge is -2.42. The second kappa shape index (κ2) is 21.8. The predicted molar refractivity (Wildman–Crippen MR) is 184 cm³/mol. The van der Waals surface area contributed by atoms with Gasteiger partial charge in [0.1, 0.15) is 25.6 Å². The molecule has 0 radical (unpaired) electrons. The minimum Gasteiger partial charge on any atom is -0.456 e. The van der Waals surface area contributed by atoms with Gasteiger partial charge in [0.05, 0.1) is 13.2 Å². The Bertz CT molecular complexity index is 577. The summed E-state index contributed by atoms with van der Waals surface area (Å²) in [6.45, 7) is 32.7. The normalized spacial score (nSPS) is 17.0. The van der Waals surface area contributed by atoms with Crippen molar-refractivity contribution in [3.8, 4) is 0 Å². The highest BCUT2D eigenvalue weighted by molar-refractivity contribution is 6.89. The van der Waals surface area contributed by atoms with Crippen molar-refractivity contribution in [1.29, 1.82) is 0 Å². The first kappa shape index (κ1) is 43.6. The van der Waals surface area contributed by atoms with Crippen molar-refractivity contribution < 1.29 is 37.0 Å². The van der Waals surface area contributed by atoms with E-state index in [2.05, 4.69) is 72.0 Å². The van der Waals surface area contributed by atoms with E-state index in [1.807, 2.05) is 27.7 Å². The number of hydrogen-bond acceptors (Lipinski definition) is 8. The van der Waals surface area contributed by atoms with Gasteiger partial charge in [-0.15, -0.1) is 0 Å². The highest BCUT2D eigenvalue weighted by Crippen LogP contribution is 2.32. The zero-order chi connectivity index (χ0) is 30.7. The van der Waals surface area contributed by atoms with E-state index < -0.39 is 67.9 Å². The van der Waals surface area contributed by atoms with Gasteiger partial charge in [0.25, 0.3) is 0 Å². The van der Waals surface area contributed by atoms with Crippen molar-refractivity contribution in [1.82, 2.24) is 0 Å². The van der Waals surface area contributed by atoms with Crippen LogP contribution >= 0.6 is 0 Å². The summed E-state index contributed by atoms with van der Waals surface area (Å²) in [4.78, 5) is 0. The zero-order valence-electron chi connectivity index (χ0n) is 27.8. The number of aliphatic hydroxyl groups excluding tert-OH is 2. The summed E-state index contributed by atoms with van der Waals surface area (Å²) in [7, 11) is -12.1. The van der Waals surface area contributed by atoms with Crippen LogP contribution in [-0.2, 0) is 25.3 Å². The van der Waals surface area contributed by atoms with Crippen molar-refractivity contribution in [2.75, 3.05) is 19.8 Å². The zero-order valence-corrected chi connectivity index (χ0v) is 35.6. The first-order valence-electron chi connectivity index (χ1n) is 14.7. The minimum atomic E-state index is -2.60. The Morgan fingerprint density at radius 1 is 0.711 bits per heavy atom. The summed E-state index contributed by atoms with van der Waals surface area (Å²) in [6, 6.07) is 2.70. The topological polar surface area (TPSA) is 95.8 Å². The maximum absolute atomic E-state index is 9.47. The maximum Gasteiger partial charge on any atom is 0.317 e. The number of ether oxygens (including phenoxy) is 1. The Morgan fingerprint density at radius 3 is 1.68 bits per heavy atom. The molecule has 15 heteroatoms. The summed E-state index contributed by atoms with van der Waals surface area (Å²) < 4.78 is 38.5. The summed E-state index contributed by atoms with van der Waals surface area (Å²) in [5.41, 5.74) is 0. The Kier molecular flexibility index (Phi) is 25.1. The van der Waals surface area contributed by atoms with Crippen LogP contribution in [0.25, 0.3) is 0 Å². The highest BCUT2D eigenvalue weighted by Gasteiger charge is 2.47. The Morgan fingerprint density at radius 2 is 1.24 bits per heavy atom. The third-order valence-electron chi connectivity index (χ3n) is 5.04. The van der Waals surface area contributed by atoms with Gasteiger partial charge in [0.15, 0.2) is 16.6 Å². The van der Waals surface area contributed by atoms with E-state index in [-0.39, 0.29) is 14.6 Å². The van der Waals surface area contributed by atoms with Crippen molar-refractivity contribution in [2.45, 2.75) is 130 Å². The molecule has 236 valence electrons. The largest absolute Gasteiger partial charge is 0.456 e. The molecular formula is C23H68O8Si7. The number of hydrogen-bond donors (Lipinski definition) is 2. The molecule has 38 heavy (non-hydrogen) atoms. The molecule has 3 atom stereocenters. The van der Waals surface area contributed by atoms with Crippen molar-refractivity contribution in [3.63, 3.8) is 0 Å². The molecule has 0 bridgehead atoms. The van der Waals surface area contributed by atoms with Crippen LogP contribution in [0.15, 0.2) is 0 Å². The maximum atomic E-state index is 9.47. The van der Waals surface area contributed by atoms with Crippen LogP contribution < -0.4 is 0 Å². The second-order valence-corrected chi connectivity index (χ2v) is 33.7. The van der Waals surface area contributed by atoms with Crippen LogP contribution in [0.4, 0.5) is 0 Å². The average Bonchev–Trinajstić information content (AvgIpc) is 2.78. The van der Waals surface area contributed by atoms with Crippen molar-refractivity contribution >= 4 is 61.8 Å². The second-order valence-electron chi connectivity index (χ2n) is 11.2. The third kappa shape index (κ3) is 23.9. The van der Waals surface area contributed by atoms with Crippen LogP contribution in [0, 0.1) is 0 Å². The monoisotopic (exact) mass is 668 g/mol. The number of aliphatic hydroxyl groups is 2. The smallest absolute Gasteiger partial charge is 0.317 e. The lowest BCUT2D eigenvalue weighted by molar-refractivity contribution is 0.00624. The van der Waals surface area contributed by atoms with E-state index in [0.29, 0.717) is 6.61 Å². The van der Waals surface area contributed by atoms with Gasteiger partial charge in [0.2, 0.25) is 0 Å². The Hall–Kier alpha value is 1.20. The molecule has 8 nitrogen and oxygen atoms in total. The summed E-state index contributed by atoms with van der Waals surface area (Å²) >= 11 is 0. The van der Waals surface area contributed by atoms with Gasteiger partial charge in [-0.1, -0.05) is 40.8 Å². The molecule has 0 aromatic heterocycles. The van der Waals surface area contributed by atoms with Gasteiger partial charge in [-0.05, 0) is 83.5 Å². The molecular weight excluding hydrogens is 601 g/mol. The first-order valence-corrected chi connectivity index (χ1v) is 33.0. The molecule has 0 aromatic carbocycles. The predicted octanol–water partition coefficient (Wildman–Crippen LogP) is 5.28. The van der Waals surface area contributed by atoms with E-state index in [4.69, 9.17) is 30.4 Å². The van der Waals surface area contributed by atoms with E-state index in [1.54, 1.807) is 0 Å². The molecule has 0 rings (SSSR count). The van der Waals surface area contributed by atoms with Crippen LogP contribution in [0.2, 0.25) is 90.1 Å². The molecule has 0 saturated carbocycles. The standard InChI is InChI=1S/C19H54O8Si7.2C2H6.H2/c1-28-23-32(8,9)26-34(11,16-15-31(6,7)25-30(3,4)5)27-33(10,24-29-2)14-12-13-22-18-19(21)17-20;2*1-2;/h19-21H,12-18,28-29H2,1-11H3;2*1-2H3;1H. The summed E-state index contributed by atoms with van der Waals surface area (Å²) in [6.07, 6.45) is -0.0405. The Labute approximate surface area is 248 Å². The molecule has 0 amide bonds. The van der Waals surface area contributed by atoms with E-state index in [9.17, 15) is 5.11 Å². The lowest BCUT2D eigenvalue weighted by Crippen LogP contribution is -2.58. The van der Waals surface area contributed by atoms with Crippen LogP contribution in [-0.4, -0.2) is 98.0 Å². The van der Waals surface area contributed by atoms with Crippen LogP contribution in [0.5, 0.6) is 0 Å². The summed E-state index contributed by atoms with van der Waals surface area (Å²) in [5, 5.41) is 18.4. The van der Waals surface area contributed by atoms with E-state index >= 15 is 0 Å². The van der Waals surface area contributed by atoms with Crippen molar-refractivity contribution in [2.24, 2.45) is 0 Å². The lowest BCUT2D eigenvalue weighted by atomic mass is 10.4. The van der Waals surface area contributed by atoms with Crippen molar-refractivity contribution in [3.05, 3.63) is 0 Å². The third-order valence-corrected chi connectivity index (χ3v) is 28.8. The molecule has 0 fully saturated rings. The average molecular weight is 669 g/mol. The van der Waals surface area contributed by atoms with Gasteiger partial charge in [-0.25, -0.2) is 0 Å². The summed E-state index contributed by atoms with van der Waals surface area (Å²) in [5.74, 6) is 0. The molecule has 0 aliphatic carbocycles. The van der Waals surface area contributed by atoms with Gasteiger partial charge in [-0.3, -0.25) is 0 Å². The fourth-order valence-electron chi connectivity index (χ4n) is 4.11. The molecule has 0 saturated heterocycles.